The van der Waals surface area contributed by atoms with Gasteiger partial charge >= 0.3 is 0 Å². The van der Waals surface area contributed by atoms with Gasteiger partial charge in [-0.3, -0.25) is 4.55 Å². The van der Waals surface area contributed by atoms with Crippen molar-refractivity contribution < 1.29 is 12.6 Å². The van der Waals surface area contributed by atoms with Crippen LogP contribution in [0.4, 0.5) is 3.89 Å². The summed E-state index contributed by atoms with van der Waals surface area (Å²) in [6.07, 6.45) is 0.317. The first-order valence-electron chi connectivity index (χ1n) is 1.12. The minimum absolute atomic E-state index is 0.317. The summed E-state index contributed by atoms with van der Waals surface area (Å²) >= 11 is 0. The van der Waals surface area contributed by atoms with E-state index in [1.165, 1.54) is 0 Å². The molecule has 0 heterocycles. The Labute approximate surface area is 35.0 Å². The number of hydrogen-bond donors (Lipinski definition) is 1. The molecule has 0 aliphatic carbocycles. The van der Waals surface area contributed by atoms with Gasteiger partial charge in [0.1, 0.15) is 0 Å². The molecule has 0 fully saturated rings. The summed E-state index contributed by atoms with van der Waals surface area (Å²) in [6, 6.07) is 0. The van der Waals surface area contributed by atoms with E-state index in [0.29, 0.717) is 6.26 Å². The molecule has 5 heteroatoms. The van der Waals surface area contributed by atoms with Gasteiger partial charge in [-0.2, -0.15) is 4.21 Å². The van der Waals surface area contributed by atoms with Crippen molar-refractivity contribution in [2.45, 2.75) is 0 Å². The van der Waals surface area contributed by atoms with Crippen molar-refractivity contribution in [1.82, 2.24) is 0 Å². The summed E-state index contributed by atoms with van der Waals surface area (Å²) in [5.74, 6) is 0. The molecule has 0 saturated heterocycles. The van der Waals surface area contributed by atoms with Crippen molar-refractivity contribution in [3.63, 3.8) is 0 Å². The summed E-state index contributed by atoms with van der Waals surface area (Å²) in [7, 11) is -5.35. The molecule has 0 bridgehead atoms. The highest BCUT2D eigenvalue weighted by Crippen LogP contribution is 2.15. The Bertz CT molecular complexity index is 91.2. The summed E-state index contributed by atoms with van der Waals surface area (Å²) < 4.78 is 28.0. The Balaban J connectivity index is 4.16. The highest BCUT2D eigenvalue weighted by atomic mass is 32.3. The molecule has 0 atom stereocenters. The molecule has 40 valence electrons. The Morgan fingerprint density at radius 3 is 2.00 bits per heavy atom. The van der Waals surface area contributed by atoms with Crippen LogP contribution in [-0.4, -0.2) is 15.0 Å². The van der Waals surface area contributed by atoms with Crippen molar-refractivity contribution in [2.24, 2.45) is 0 Å². The van der Waals surface area contributed by atoms with Gasteiger partial charge in [0, 0.05) is 6.26 Å². The van der Waals surface area contributed by atoms with Crippen molar-refractivity contribution in [3.05, 3.63) is 5.14 Å². The Morgan fingerprint density at radius 1 is 2.00 bits per heavy atom. The van der Waals surface area contributed by atoms with Crippen LogP contribution in [0.25, 0.3) is 5.14 Å². The van der Waals surface area contributed by atoms with E-state index in [1.807, 2.05) is 0 Å². The number of halogens is 1. The lowest BCUT2D eigenvalue weighted by Crippen LogP contribution is -2.14. The topological polar surface area (TPSA) is 61.1 Å². The molecule has 0 saturated carbocycles. The zero-order valence-electron chi connectivity index (χ0n) is 3.14. The van der Waals surface area contributed by atoms with Crippen LogP contribution in [-0.2, 0) is 9.92 Å². The van der Waals surface area contributed by atoms with Crippen molar-refractivity contribution in [2.75, 3.05) is 6.26 Å². The van der Waals surface area contributed by atoms with E-state index in [9.17, 15) is 8.09 Å². The standard InChI is InChI=1S/CH5FNO2S/c1-6(2,3,4)5/h1H3,(H2-,3,4,5)/q-1. The predicted octanol–water partition coefficient (Wildman–Crippen LogP) is 0.761. The second kappa shape index (κ2) is 0.800. The normalized spacial score (nSPS) is 19.0. The van der Waals surface area contributed by atoms with Crippen LogP contribution in [0, 0.1) is 0 Å². The van der Waals surface area contributed by atoms with Gasteiger partial charge in [0.2, 0.25) is 0 Å². The summed E-state index contributed by atoms with van der Waals surface area (Å²) in [5.41, 5.74) is 0. The third kappa shape index (κ3) is 46700000000000002704156133056053248. The van der Waals surface area contributed by atoms with Gasteiger partial charge in [-0.25, -0.2) is 0 Å². The molecule has 2 N–H and O–H groups in total. The quantitative estimate of drug-likeness (QED) is 0.472. The maximum Gasteiger partial charge on any atom is 0.0336 e. The minimum atomic E-state index is -5.35. The van der Waals surface area contributed by atoms with E-state index in [0.717, 1.165) is 0 Å². The average Bonchev–Trinajstić information content (AvgIpc) is 0.650. The zero-order valence-corrected chi connectivity index (χ0v) is 3.96. The Hall–Kier alpha value is -0.0000000000000000278. The molecule has 6 heavy (non-hydrogen) atoms. The number of nitrogens with one attached hydrogen (secondary N) is 1. The number of hydrogen-bond acceptors (Lipinski definition) is 1. The third-order valence-corrected chi connectivity index (χ3v) is 0. The first-order valence-corrected chi connectivity index (χ1v) is 3.35. The largest absolute Gasteiger partial charge is 0.542 e. The zero-order chi connectivity index (χ0) is 5.45. The first-order chi connectivity index (χ1) is 2.24. The van der Waals surface area contributed by atoms with Crippen LogP contribution in [0.5, 0.6) is 0 Å². The first kappa shape index (κ1) is 6.00. The average molecular weight is 114 g/mol. The minimum Gasteiger partial charge on any atom is -0.542 e. The molecule has 0 radical (unpaired) electrons. The fraction of sp³-hybridized carbons (Fsp3) is 1.00. The Morgan fingerprint density at radius 2 is 2.00 bits per heavy atom. The van der Waals surface area contributed by atoms with Gasteiger partial charge in [-0.15, -0.1) is 13.8 Å². The lowest BCUT2D eigenvalue weighted by Gasteiger charge is -2.31. The van der Waals surface area contributed by atoms with E-state index >= 15 is 0 Å². The van der Waals surface area contributed by atoms with Gasteiger partial charge in [0.15, 0.2) is 0 Å². The lowest BCUT2D eigenvalue weighted by molar-refractivity contribution is 0.478. The predicted molar refractivity (Wildman–Crippen MR) is 22.1 cm³/mol. The molecule has 0 aromatic rings. The molecule has 0 spiro atoms. The smallest absolute Gasteiger partial charge is 0.0336 e. The molecule has 0 amide bonds. The monoisotopic (exact) mass is 114 g/mol. The van der Waals surface area contributed by atoms with Gasteiger partial charge in [0.25, 0.3) is 0 Å². The molecule has 0 aromatic heterocycles. The summed E-state index contributed by atoms with van der Waals surface area (Å²) in [4.78, 5) is 0. The second-order valence-corrected chi connectivity index (χ2v) is 3.50. The highest BCUT2D eigenvalue weighted by Gasteiger charge is 1.95. The van der Waals surface area contributed by atoms with Crippen LogP contribution in [0.2, 0.25) is 0 Å². The molecule has 0 rings (SSSR count). The van der Waals surface area contributed by atoms with Crippen LogP contribution < -0.4 is 0 Å². The fourth-order valence-electron chi connectivity index (χ4n) is 0. The van der Waals surface area contributed by atoms with Crippen molar-refractivity contribution >= 4 is 9.92 Å². The highest BCUT2D eigenvalue weighted by molar-refractivity contribution is 8.11. The van der Waals surface area contributed by atoms with Gasteiger partial charge in [0.05, 0.1) is 0 Å². The molecule has 3 nitrogen and oxygen atoms in total. The molecule has 0 unspecified atom stereocenters. The molecule has 0 aliphatic heterocycles. The van der Waals surface area contributed by atoms with Gasteiger partial charge in [-0.1, -0.05) is 0 Å². The second-order valence-electron chi connectivity index (χ2n) is 1.17. The van der Waals surface area contributed by atoms with E-state index in [2.05, 4.69) is 0 Å². The van der Waals surface area contributed by atoms with E-state index in [4.69, 9.17) is 9.69 Å². The fourth-order valence-corrected chi connectivity index (χ4v) is 0. The van der Waals surface area contributed by atoms with E-state index < -0.39 is 9.92 Å². The van der Waals surface area contributed by atoms with E-state index in [-0.39, 0.29) is 0 Å². The molecular formula is CH5FNO2S-. The van der Waals surface area contributed by atoms with Crippen LogP contribution in [0.1, 0.15) is 0 Å². The van der Waals surface area contributed by atoms with Crippen LogP contribution in [0.3, 0.4) is 0 Å². The third-order valence-electron chi connectivity index (χ3n) is 0. The Kier molecular flexibility index (Phi) is 0.800. The maximum atomic E-state index is 11.2. The van der Waals surface area contributed by atoms with E-state index in [1.54, 1.807) is 0 Å². The van der Waals surface area contributed by atoms with Crippen LogP contribution in [0.15, 0.2) is 0 Å². The SMILES string of the molecule is CS([NH-])(=O)(O)F. The van der Waals surface area contributed by atoms with Crippen molar-refractivity contribution in [3.8, 4) is 0 Å². The summed E-state index contributed by atoms with van der Waals surface area (Å²) in [5, 5.41) is 5.73. The van der Waals surface area contributed by atoms with Gasteiger partial charge < -0.3 is 5.14 Å². The lowest BCUT2D eigenvalue weighted by atomic mass is 12.0. The van der Waals surface area contributed by atoms with Crippen LogP contribution >= 0.6 is 0 Å². The molecule has 0 aliphatic rings. The number of rotatable bonds is 0. The van der Waals surface area contributed by atoms with Gasteiger partial charge in [-0.05, 0) is 0 Å². The molecular weight excluding hydrogens is 109 g/mol. The summed E-state index contributed by atoms with van der Waals surface area (Å²) in [6.45, 7) is 0. The molecule has 0 aromatic carbocycles. The maximum absolute atomic E-state index is 11.2. The van der Waals surface area contributed by atoms with Crippen molar-refractivity contribution in [1.29, 1.82) is 0 Å².